The first-order valence-electron chi connectivity index (χ1n) is 15.7. The van der Waals surface area contributed by atoms with Crippen molar-refractivity contribution in [1.82, 2.24) is 0 Å². The number of epoxide rings is 1. The Labute approximate surface area is 249 Å². The minimum atomic E-state index is -3.56. The Hall–Kier alpha value is -0.196. The maximum atomic E-state index is 11.9. The van der Waals surface area contributed by atoms with Gasteiger partial charge in [-0.3, -0.25) is 4.18 Å². The van der Waals surface area contributed by atoms with E-state index in [2.05, 4.69) is 87.7 Å². The largest absolute Gasteiger partial charge is 0.550 e. The smallest absolute Gasteiger partial charge is 0.264 e. The quantitative estimate of drug-likeness (QED) is 0.0955. The summed E-state index contributed by atoms with van der Waals surface area (Å²) < 4.78 is 49.6. The highest BCUT2D eigenvalue weighted by atomic mass is 32.2. The van der Waals surface area contributed by atoms with Crippen LogP contribution in [0, 0.1) is 34.0 Å². The fourth-order valence-corrected chi connectivity index (χ4v) is 10.0. The van der Waals surface area contributed by atoms with E-state index in [1.54, 1.807) is 0 Å². The van der Waals surface area contributed by atoms with Gasteiger partial charge in [-0.25, -0.2) is 0 Å². The fourth-order valence-electron chi connectivity index (χ4n) is 7.54. The Morgan fingerprint density at radius 2 is 1.65 bits per heavy atom. The van der Waals surface area contributed by atoms with Crippen LogP contribution in [0.15, 0.2) is 11.8 Å². The minimum absolute atomic E-state index is 0.0568. The second-order valence-corrected chi connectivity index (χ2v) is 22.4. The molecule has 1 saturated heterocycles. The van der Waals surface area contributed by atoms with E-state index in [9.17, 15) is 8.42 Å². The molecule has 40 heavy (non-hydrogen) atoms. The predicted octanol–water partition coefficient (Wildman–Crippen LogP) is 7.06. The van der Waals surface area contributed by atoms with Crippen molar-refractivity contribution in [2.45, 2.75) is 137 Å². The van der Waals surface area contributed by atoms with E-state index in [0.29, 0.717) is 5.92 Å². The molecule has 7 atom stereocenters. The molecule has 3 fully saturated rings. The zero-order chi connectivity index (χ0) is 30.5. The van der Waals surface area contributed by atoms with Crippen LogP contribution >= 0.6 is 0 Å². The van der Waals surface area contributed by atoms with Gasteiger partial charge in [0.15, 0.2) is 9.04 Å². The zero-order valence-corrected chi connectivity index (χ0v) is 31.0. The monoisotopic (exact) mass is 616 g/mol. The lowest BCUT2D eigenvalue weighted by molar-refractivity contribution is -0.0164. The average molecular weight is 617 g/mol. The molecule has 0 aromatic carbocycles. The Bertz CT molecular complexity index is 1030. The molecule has 1 aliphatic heterocycles. The van der Waals surface area contributed by atoms with Crippen LogP contribution in [0.2, 0.25) is 26.2 Å². The van der Waals surface area contributed by atoms with Crippen molar-refractivity contribution in [1.29, 1.82) is 0 Å². The van der Waals surface area contributed by atoms with E-state index >= 15 is 0 Å². The normalized spacial score (nSPS) is 34.2. The van der Waals surface area contributed by atoms with Crippen molar-refractivity contribution >= 4 is 28.2 Å². The lowest BCUT2D eigenvalue weighted by Gasteiger charge is -2.43. The summed E-state index contributed by atoms with van der Waals surface area (Å²) in [5, 5.41) is 0. The molecule has 234 valence electrons. The van der Waals surface area contributed by atoms with Crippen molar-refractivity contribution in [3.63, 3.8) is 0 Å². The van der Waals surface area contributed by atoms with Gasteiger partial charge in [0, 0.05) is 11.8 Å². The highest BCUT2D eigenvalue weighted by Crippen LogP contribution is 2.70. The lowest BCUT2D eigenvalue weighted by atomic mass is 9.63. The van der Waals surface area contributed by atoms with Crippen molar-refractivity contribution in [3.8, 4) is 0 Å². The number of ether oxygens (including phenoxy) is 1. The summed E-state index contributed by atoms with van der Waals surface area (Å²) in [5.41, 5.74) is -0.610. The summed E-state index contributed by atoms with van der Waals surface area (Å²) in [7, 11) is -6.40. The predicted molar refractivity (Wildman–Crippen MR) is 170 cm³/mol. The van der Waals surface area contributed by atoms with Crippen molar-refractivity contribution in [2.75, 3.05) is 12.9 Å². The van der Waals surface area contributed by atoms with Crippen LogP contribution in [-0.4, -0.2) is 56.7 Å². The molecule has 0 N–H and O–H groups in total. The number of allylic oxidation sites excluding steroid dienone is 2. The van der Waals surface area contributed by atoms with Crippen molar-refractivity contribution < 1.29 is 26.2 Å². The molecule has 3 unspecified atom stereocenters. The molecule has 0 aromatic rings. The summed E-state index contributed by atoms with van der Waals surface area (Å²) in [6.45, 7) is 28.0. The number of rotatable bonds is 13. The highest BCUT2D eigenvalue weighted by molar-refractivity contribution is 7.85. The lowest BCUT2D eigenvalue weighted by Crippen LogP contribution is -2.44. The Morgan fingerprint density at radius 1 is 1.02 bits per heavy atom. The molecule has 3 rings (SSSR count). The van der Waals surface area contributed by atoms with E-state index in [0.717, 1.165) is 31.3 Å². The molecule has 0 radical (unpaired) electrons. The van der Waals surface area contributed by atoms with E-state index < -0.39 is 39.4 Å². The van der Waals surface area contributed by atoms with Crippen molar-refractivity contribution in [3.05, 3.63) is 11.8 Å². The Kier molecular flexibility index (Phi) is 10.0. The van der Waals surface area contributed by atoms with Crippen LogP contribution in [0.3, 0.4) is 0 Å². The third-order valence-corrected chi connectivity index (χ3v) is 12.4. The molecular weight excluding hydrogens is 557 g/mol. The SMILES string of the molecule is CCCCC(C)(CC=C(O[SiH](C)C)[C@H]1[C@H](C(C)(C)C)C[C@@]2(O[SiH](C)C)C3OC3(COS(C)(=O)=O)C[C@@H]12)C(C)(C)C. The molecular formula is C31H60O6SSi2. The second kappa shape index (κ2) is 11.7. The van der Waals surface area contributed by atoms with E-state index in [1.165, 1.54) is 19.3 Å². The fraction of sp³-hybridized carbons (Fsp3) is 0.935. The summed E-state index contributed by atoms with van der Waals surface area (Å²) in [6.07, 6.45) is 9.73. The summed E-state index contributed by atoms with van der Waals surface area (Å²) in [6, 6.07) is 0. The Balaban J connectivity index is 2.09. The summed E-state index contributed by atoms with van der Waals surface area (Å²) in [4.78, 5) is 0. The van der Waals surface area contributed by atoms with Crippen LogP contribution in [0.25, 0.3) is 0 Å². The van der Waals surface area contributed by atoms with Gasteiger partial charge in [0.25, 0.3) is 10.1 Å². The molecule has 2 saturated carbocycles. The van der Waals surface area contributed by atoms with Gasteiger partial charge in [0.2, 0.25) is 9.04 Å². The standard InChI is InChI=1S/C31H60O6SSi2/c1-14-15-17-29(8,28(5,6)7)18-16-24(36-39(10)11)25-22(27(2,3)4)20-31(37-40(12)13)23(25)19-30(26(31)35-30)21-34-38(9,32)33/h16,22-23,25-26,39-40H,14-15,17-21H2,1-13H3/t22-,23+,25+,26?,29?,30?,31+/m1/s1. The second-order valence-electron chi connectivity index (χ2n) is 16.1. The van der Waals surface area contributed by atoms with Gasteiger partial charge in [-0.05, 0) is 80.1 Å². The summed E-state index contributed by atoms with van der Waals surface area (Å²) in [5.74, 6) is 1.96. The minimum Gasteiger partial charge on any atom is -0.550 e. The topological polar surface area (TPSA) is 74.4 Å². The van der Waals surface area contributed by atoms with Crippen LogP contribution in [-0.2, 0) is 27.9 Å². The van der Waals surface area contributed by atoms with Crippen LogP contribution in [0.1, 0.15) is 93.9 Å². The number of unbranched alkanes of at least 4 members (excludes halogenated alkanes) is 1. The Morgan fingerprint density at radius 3 is 2.12 bits per heavy atom. The third-order valence-electron chi connectivity index (χ3n) is 10.2. The maximum absolute atomic E-state index is 11.9. The van der Waals surface area contributed by atoms with Gasteiger partial charge < -0.3 is 13.6 Å². The first kappa shape index (κ1) is 34.3. The highest BCUT2D eigenvalue weighted by Gasteiger charge is 2.80. The first-order chi connectivity index (χ1) is 18.1. The van der Waals surface area contributed by atoms with Gasteiger partial charge >= 0.3 is 0 Å². The van der Waals surface area contributed by atoms with E-state index in [1.807, 2.05) is 0 Å². The third kappa shape index (κ3) is 7.12. The van der Waals surface area contributed by atoms with Crippen LogP contribution in [0.4, 0.5) is 0 Å². The molecule has 2 aliphatic carbocycles. The average Bonchev–Trinajstić information content (AvgIpc) is 3.31. The molecule has 3 aliphatic rings. The van der Waals surface area contributed by atoms with Crippen molar-refractivity contribution in [2.24, 2.45) is 34.0 Å². The number of hydrogen-bond acceptors (Lipinski definition) is 6. The van der Waals surface area contributed by atoms with Gasteiger partial charge in [-0.2, -0.15) is 8.42 Å². The van der Waals surface area contributed by atoms with Gasteiger partial charge in [0.1, 0.15) is 11.7 Å². The molecule has 0 amide bonds. The summed E-state index contributed by atoms with van der Waals surface area (Å²) >= 11 is 0. The molecule has 0 bridgehead atoms. The molecule has 0 aromatic heterocycles. The van der Waals surface area contributed by atoms with Gasteiger partial charge in [-0.1, -0.05) is 68.2 Å². The first-order valence-corrected chi connectivity index (χ1v) is 23.1. The van der Waals surface area contributed by atoms with E-state index in [4.69, 9.17) is 17.8 Å². The molecule has 6 nitrogen and oxygen atoms in total. The van der Waals surface area contributed by atoms with Gasteiger partial charge in [0.05, 0.1) is 24.2 Å². The zero-order valence-electron chi connectivity index (χ0n) is 27.8. The van der Waals surface area contributed by atoms with Crippen LogP contribution in [0.5, 0.6) is 0 Å². The molecule has 0 spiro atoms. The van der Waals surface area contributed by atoms with Crippen LogP contribution < -0.4 is 0 Å². The van der Waals surface area contributed by atoms with E-state index in [-0.39, 0.29) is 40.8 Å². The molecule has 9 heteroatoms. The maximum Gasteiger partial charge on any atom is 0.264 e. The number of fused-ring (bicyclic) bond motifs is 3. The molecule has 1 heterocycles. The number of hydrogen-bond donors (Lipinski definition) is 0. The van der Waals surface area contributed by atoms with Gasteiger partial charge in [-0.15, -0.1) is 0 Å².